The van der Waals surface area contributed by atoms with Crippen molar-refractivity contribution in [2.24, 2.45) is 5.92 Å². The van der Waals surface area contributed by atoms with E-state index in [0.717, 1.165) is 10.9 Å². The average molecular weight is 294 g/mol. The van der Waals surface area contributed by atoms with Gasteiger partial charge in [-0.2, -0.15) is 0 Å². The molecule has 0 N–H and O–H groups in total. The van der Waals surface area contributed by atoms with E-state index in [2.05, 4.69) is 15.9 Å². The average Bonchev–Trinajstić information content (AvgIpc) is 2.65. The van der Waals surface area contributed by atoms with Gasteiger partial charge >= 0.3 is 0 Å². The van der Waals surface area contributed by atoms with E-state index in [-0.39, 0.29) is 17.8 Å². The summed E-state index contributed by atoms with van der Waals surface area (Å²) in [6, 6.07) is 5.04. The highest BCUT2D eigenvalue weighted by molar-refractivity contribution is 9.10. The molecule has 2 atom stereocenters. The van der Waals surface area contributed by atoms with Gasteiger partial charge in [0.05, 0.1) is 6.10 Å². The van der Waals surface area contributed by atoms with Crippen LogP contribution in [0.4, 0.5) is 4.39 Å². The highest BCUT2D eigenvalue weighted by Crippen LogP contribution is 2.36. The maximum absolute atomic E-state index is 13.7. The van der Waals surface area contributed by atoms with Gasteiger partial charge in [0.1, 0.15) is 5.82 Å². The van der Waals surface area contributed by atoms with Crippen molar-refractivity contribution in [3.63, 3.8) is 0 Å². The number of rotatable bonds is 2. The van der Waals surface area contributed by atoms with E-state index >= 15 is 0 Å². The van der Waals surface area contributed by atoms with Crippen molar-refractivity contribution in [3.05, 3.63) is 34.1 Å². The van der Waals surface area contributed by atoms with E-state index in [1.807, 2.05) is 6.07 Å². The SMILES string of the molecule is Fc1cc(Br)ccc1C1OCCC1CCl. The summed E-state index contributed by atoms with van der Waals surface area (Å²) in [6.45, 7) is 0.664. The quantitative estimate of drug-likeness (QED) is 0.751. The van der Waals surface area contributed by atoms with Gasteiger partial charge in [0.2, 0.25) is 0 Å². The molecule has 1 aliphatic rings. The van der Waals surface area contributed by atoms with Crippen LogP contribution in [0.3, 0.4) is 0 Å². The molecule has 0 spiro atoms. The van der Waals surface area contributed by atoms with Gasteiger partial charge in [-0.3, -0.25) is 0 Å². The van der Waals surface area contributed by atoms with Crippen LogP contribution in [0.2, 0.25) is 0 Å². The summed E-state index contributed by atoms with van der Waals surface area (Å²) in [7, 11) is 0. The molecule has 1 fully saturated rings. The van der Waals surface area contributed by atoms with Gasteiger partial charge in [-0.25, -0.2) is 4.39 Å². The maximum atomic E-state index is 13.7. The summed E-state index contributed by atoms with van der Waals surface area (Å²) in [4.78, 5) is 0. The molecule has 1 saturated heterocycles. The molecular formula is C11H11BrClFO. The van der Waals surface area contributed by atoms with Crippen LogP contribution in [-0.2, 0) is 4.74 Å². The first kappa shape index (κ1) is 11.4. The van der Waals surface area contributed by atoms with Crippen molar-refractivity contribution in [1.82, 2.24) is 0 Å². The van der Waals surface area contributed by atoms with Crippen LogP contribution >= 0.6 is 27.5 Å². The summed E-state index contributed by atoms with van der Waals surface area (Å²) in [5.41, 5.74) is 0.612. The molecule has 1 aromatic rings. The molecule has 1 heterocycles. The Morgan fingerprint density at radius 2 is 2.33 bits per heavy atom. The van der Waals surface area contributed by atoms with Gasteiger partial charge in [-0.15, -0.1) is 11.6 Å². The third kappa shape index (κ3) is 2.35. The second kappa shape index (κ2) is 4.81. The number of benzene rings is 1. The maximum Gasteiger partial charge on any atom is 0.130 e. The van der Waals surface area contributed by atoms with Crippen molar-refractivity contribution < 1.29 is 9.13 Å². The summed E-state index contributed by atoms with van der Waals surface area (Å²) in [6.07, 6.45) is 0.722. The molecule has 0 bridgehead atoms. The van der Waals surface area contributed by atoms with E-state index in [0.29, 0.717) is 18.1 Å². The first-order valence-corrected chi connectivity index (χ1v) is 6.17. The van der Waals surface area contributed by atoms with Crippen LogP contribution < -0.4 is 0 Å². The Morgan fingerprint density at radius 1 is 1.53 bits per heavy atom. The Hall–Kier alpha value is -0.120. The molecule has 15 heavy (non-hydrogen) atoms. The van der Waals surface area contributed by atoms with E-state index in [9.17, 15) is 4.39 Å². The molecule has 0 saturated carbocycles. The number of ether oxygens (including phenoxy) is 1. The minimum absolute atomic E-state index is 0.185. The molecule has 0 aromatic heterocycles. The van der Waals surface area contributed by atoms with Crippen molar-refractivity contribution in [1.29, 1.82) is 0 Å². The first-order valence-electron chi connectivity index (χ1n) is 4.85. The zero-order chi connectivity index (χ0) is 10.8. The number of hydrogen-bond acceptors (Lipinski definition) is 1. The monoisotopic (exact) mass is 292 g/mol. The minimum Gasteiger partial charge on any atom is -0.373 e. The Bertz CT molecular complexity index is 358. The Balaban J connectivity index is 2.28. The van der Waals surface area contributed by atoms with Gasteiger partial charge < -0.3 is 4.74 Å². The second-order valence-electron chi connectivity index (χ2n) is 3.66. The molecule has 2 unspecified atom stereocenters. The van der Waals surface area contributed by atoms with Gasteiger partial charge in [0, 0.05) is 28.4 Å². The highest BCUT2D eigenvalue weighted by atomic mass is 79.9. The van der Waals surface area contributed by atoms with Gasteiger partial charge in [-0.1, -0.05) is 22.0 Å². The summed E-state index contributed by atoms with van der Waals surface area (Å²) < 4.78 is 19.9. The van der Waals surface area contributed by atoms with Crippen LogP contribution in [0.15, 0.2) is 22.7 Å². The second-order valence-corrected chi connectivity index (χ2v) is 4.88. The largest absolute Gasteiger partial charge is 0.373 e. The standard InChI is InChI=1S/C11H11BrClFO/c12-8-1-2-9(10(14)5-8)11-7(6-13)3-4-15-11/h1-2,5,7,11H,3-4,6H2. The molecule has 4 heteroatoms. The molecule has 0 radical (unpaired) electrons. The zero-order valence-electron chi connectivity index (χ0n) is 8.05. The number of halogens is 3. The van der Waals surface area contributed by atoms with Crippen molar-refractivity contribution >= 4 is 27.5 Å². The molecule has 0 amide bonds. The van der Waals surface area contributed by atoms with Crippen LogP contribution in [-0.4, -0.2) is 12.5 Å². The number of hydrogen-bond donors (Lipinski definition) is 0. The van der Waals surface area contributed by atoms with E-state index in [4.69, 9.17) is 16.3 Å². The highest BCUT2D eigenvalue weighted by Gasteiger charge is 2.30. The summed E-state index contributed by atoms with van der Waals surface area (Å²) in [5.74, 6) is 0.508. The lowest BCUT2D eigenvalue weighted by atomic mass is 9.97. The topological polar surface area (TPSA) is 9.23 Å². The third-order valence-corrected chi connectivity index (χ3v) is 3.57. The Labute approximate surface area is 102 Å². The predicted octanol–water partition coefficient (Wildman–Crippen LogP) is 3.90. The normalized spacial score (nSPS) is 25.8. The zero-order valence-corrected chi connectivity index (χ0v) is 10.4. The third-order valence-electron chi connectivity index (χ3n) is 2.68. The fraction of sp³-hybridized carbons (Fsp3) is 0.455. The molecule has 0 aliphatic carbocycles. The van der Waals surface area contributed by atoms with Crippen molar-refractivity contribution in [3.8, 4) is 0 Å². The lowest BCUT2D eigenvalue weighted by Crippen LogP contribution is -2.10. The summed E-state index contributed by atoms with van der Waals surface area (Å²) >= 11 is 9.05. The van der Waals surface area contributed by atoms with E-state index in [1.54, 1.807) is 6.07 Å². The van der Waals surface area contributed by atoms with E-state index in [1.165, 1.54) is 6.07 Å². The fourth-order valence-corrected chi connectivity index (χ4v) is 2.52. The molecular weight excluding hydrogens is 282 g/mol. The van der Waals surface area contributed by atoms with Gasteiger partial charge in [0.15, 0.2) is 0 Å². The Morgan fingerprint density at radius 3 is 3.00 bits per heavy atom. The number of alkyl halides is 1. The summed E-state index contributed by atoms with van der Waals surface area (Å²) in [5, 5.41) is 0. The van der Waals surface area contributed by atoms with Crippen LogP contribution in [0.25, 0.3) is 0 Å². The van der Waals surface area contributed by atoms with Crippen LogP contribution in [0.5, 0.6) is 0 Å². The van der Waals surface area contributed by atoms with Gasteiger partial charge in [0.25, 0.3) is 0 Å². The van der Waals surface area contributed by atoms with E-state index < -0.39 is 0 Å². The predicted molar refractivity (Wildman–Crippen MR) is 61.6 cm³/mol. The van der Waals surface area contributed by atoms with Gasteiger partial charge in [-0.05, 0) is 18.6 Å². The van der Waals surface area contributed by atoms with Crippen LogP contribution in [0, 0.1) is 11.7 Å². The van der Waals surface area contributed by atoms with Crippen LogP contribution in [0.1, 0.15) is 18.1 Å². The molecule has 1 nitrogen and oxygen atoms in total. The Kier molecular flexibility index (Phi) is 3.65. The molecule has 1 aliphatic heterocycles. The smallest absolute Gasteiger partial charge is 0.130 e. The van der Waals surface area contributed by atoms with Crippen molar-refractivity contribution in [2.45, 2.75) is 12.5 Å². The first-order chi connectivity index (χ1) is 7.22. The van der Waals surface area contributed by atoms with Crippen molar-refractivity contribution in [2.75, 3.05) is 12.5 Å². The molecule has 2 rings (SSSR count). The minimum atomic E-state index is -0.230. The lowest BCUT2D eigenvalue weighted by molar-refractivity contribution is 0.0921. The fourth-order valence-electron chi connectivity index (χ4n) is 1.87. The molecule has 1 aromatic carbocycles. The molecule has 82 valence electrons. The lowest BCUT2D eigenvalue weighted by Gasteiger charge is -2.17.